The zero-order chi connectivity index (χ0) is 15.5. The molecule has 0 saturated heterocycles. The van der Waals surface area contributed by atoms with Gasteiger partial charge in [-0.15, -0.1) is 0 Å². The Kier molecular flexibility index (Phi) is 2.65. The Bertz CT molecular complexity index is 913. The van der Waals surface area contributed by atoms with Gasteiger partial charge in [-0.1, -0.05) is 24.3 Å². The first-order chi connectivity index (χ1) is 10.5. The molecule has 2 aromatic rings. The standard InChI is InChI=1S/C19H19NO2/c1-11-10-19(2,3)20-14-9-8-13-12-6-4-5-7-15(12)22-18(21)17(13)16(11)14/h4,6,8-10,20H,5,7H2,1-3H3. The van der Waals surface area contributed by atoms with Gasteiger partial charge in [-0.3, -0.25) is 0 Å². The fourth-order valence-electron chi connectivity index (χ4n) is 3.70. The van der Waals surface area contributed by atoms with Crippen molar-refractivity contribution in [3.63, 3.8) is 0 Å². The highest BCUT2D eigenvalue weighted by atomic mass is 16.4. The molecule has 2 aliphatic rings. The number of rotatable bonds is 0. The number of anilines is 1. The number of nitrogens with one attached hydrogen (secondary N) is 1. The Labute approximate surface area is 129 Å². The van der Waals surface area contributed by atoms with Crippen molar-refractivity contribution < 1.29 is 4.42 Å². The Balaban J connectivity index is 2.13. The third-order valence-corrected chi connectivity index (χ3v) is 4.47. The monoisotopic (exact) mass is 293 g/mol. The lowest BCUT2D eigenvalue weighted by molar-refractivity contribution is 0.464. The van der Waals surface area contributed by atoms with Gasteiger partial charge in [-0.25, -0.2) is 4.79 Å². The molecule has 0 amide bonds. The molecule has 0 bridgehead atoms. The maximum Gasteiger partial charge on any atom is 0.344 e. The molecule has 1 aliphatic carbocycles. The second-order valence-corrected chi connectivity index (χ2v) is 6.75. The highest BCUT2D eigenvalue weighted by Gasteiger charge is 2.26. The molecule has 3 nitrogen and oxygen atoms in total. The summed E-state index contributed by atoms with van der Waals surface area (Å²) in [5.41, 5.74) is 3.82. The van der Waals surface area contributed by atoms with Crippen LogP contribution in [0.2, 0.25) is 0 Å². The van der Waals surface area contributed by atoms with Gasteiger partial charge in [0.25, 0.3) is 0 Å². The Morgan fingerprint density at radius 1 is 1.27 bits per heavy atom. The highest BCUT2D eigenvalue weighted by Crippen LogP contribution is 2.39. The van der Waals surface area contributed by atoms with Gasteiger partial charge in [-0.05, 0) is 38.8 Å². The van der Waals surface area contributed by atoms with Crippen molar-refractivity contribution in [2.45, 2.75) is 39.2 Å². The van der Waals surface area contributed by atoms with Crippen molar-refractivity contribution in [3.05, 3.63) is 51.6 Å². The van der Waals surface area contributed by atoms with E-state index in [4.69, 9.17) is 4.42 Å². The molecule has 0 spiro atoms. The molecule has 3 heteroatoms. The minimum Gasteiger partial charge on any atom is -0.427 e. The van der Waals surface area contributed by atoms with Crippen LogP contribution >= 0.6 is 0 Å². The lowest BCUT2D eigenvalue weighted by Crippen LogP contribution is -2.31. The molecule has 0 saturated carbocycles. The van der Waals surface area contributed by atoms with Crippen LogP contribution in [0.3, 0.4) is 0 Å². The van der Waals surface area contributed by atoms with E-state index in [0.717, 1.165) is 46.4 Å². The average molecular weight is 293 g/mol. The van der Waals surface area contributed by atoms with E-state index in [1.165, 1.54) is 0 Å². The Morgan fingerprint density at radius 3 is 2.91 bits per heavy atom. The first-order valence-corrected chi connectivity index (χ1v) is 7.73. The van der Waals surface area contributed by atoms with Gasteiger partial charge >= 0.3 is 5.63 Å². The normalized spacial score (nSPS) is 18.4. The second kappa shape index (κ2) is 4.35. The summed E-state index contributed by atoms with van der Waals surface area (Å²) in [6.07, 6.45) is 8.12. The zero-order valence-corrected chi connectivity index (χ0v) is 13.1. The van der Waals surface area contributed by atoms with Crippen molar-refractivity contribution >= 4 is 28.1 Å². The molecule has 0 unspecified atom stereocenters. The molecule has 0 atom stereocenters. The molecule has 1 aromatic heterocycles. The summed E-state index contributed by atoms with van der Waals surface area (Å²) in [7, 11) is 0. The first-order valence-electron chi connectivity index (χ1n) is 7.73. The predicted octanol–water partition coefficient (Wildman–Crippen LogP) is 4.36. The molecular weight excluding hydrogens is 274 g/mol. The summed E-state index contributed by atoms with van der Waals surface area (Å²) in [6.45, 7) is 6.32. The van der Waals surface area contributed by atoms with E-state index < -0.39 is 0 Å². The number of hydrogen-bond acceptors (Lipinski definition) is 3. The third-order valence-electron chi connectivity index (χ3n) is 4.47. The van der Waals surface area contributed by atoms with Gasteiger partial charge in [0, 0.05) is 28.6 Å². The summed E-state index contributed by atoms with van der Waals surface area (Å²) in [6, 6.07) is 4.12. The molecule has 22 heavy (non-hydrogen) atoms. The van der Waals surface area contributed by atoms with Crippen molar-refractivity contribution in [2.24, 2.45) is 0 Å². The molecule has 4 rings (SSSR count). The topological polar surface area (TPSA) is 42.2 Å². The molecule has 112 valence electrons. The van der Waals surface area contributed by atoms with Gasteiger partial charge in [0.05, 0.1) is 10.9 Å². The van der Waals surface area contributed by atoms with Crippen LogP contribution in [0.4, 0.5) is 5.69 Å². The summed E-state index contributed by atoms with van der Waals surface area (Å²) in [4.78, 5) is 12.6. The largest absolute Gasteiger partial charge is 0.427 e. The van der Waals surface area contributed by atoms with E-state index in [2.05, 4.69) is 50.4 Å². The lowest BCUT2D eigenvalue weighted by Gasteiger charge is -2.32. The van der Waals surface area contributed by atoms with E-state index in [1.54, 1.807) is 0 Å². The van der Waals surface area contributed by atoms with E-state index >= 15 is 0 Å². The van der Waals surface area contributed by atoms with Gasteiger partial charge in [0.1, 0.15) is 5.76 Å². The lowest BCUT2D eigenvalue weighted by atomic mass is 9.87. The minimum atomic E-state index is -0.227. The first kappa shape index (κ1) is 13.4. The maximum atomic E-state index is 12.6. The Morgan fingerprint density at radius 2 is 2.09 bits per heavy atom. The van der Waals surface area contributed by atoms with Crippen LogP contribution in [0.15, 0.2) is 33.5 Å². The van der Waals surface area contributed by atoms with E-state index in [1.807, 2.05) is 6.07 Å². The highest BCUT2D eigenvalue weighted by molar-refractivity contribution is 6.03. The number of aryl methyl sites for hydroxylation is 1. The molecule has 1 N–H and O–H groups in total. The Hall–Kier alpha value is -2.29. The predicted molar refractivity (Wildman–Crippen MR) is 91.2 cm³/mol. The summed E-state index contributed by atoms with van der Waals surface area (Å²) < 4.78 is 5.62. The van der Waals surface area contributed by atoms with Crippen molar-refractivity contribution in [2.75, 3.05) is 5.32 Å². The van der Waals surface area contributed by atoms with Crippen LogP contribution < -0.4 is 10.9 Å². The second-order valence-electron chi connectivity index (χ2n) is 6.75. The fraction of sp³-hybridized carbons (Fsp3) is 0.316. The van der Waals surface area contributed by atoms with Gasteiger partial charge in [0.2, 0.25) is 0 Å². The summed E-state index contributed by atoms with van der Waals surface area (Å²) >= 11 is 0. The summed E-state index contributed by atoms with van der Waals surface area (Å²) in [5, 5.41) is 5.18. The maximum absolute atomic E-state index is 12.6. The van der Waals surface area contributed by atoms with E-state index in [-0.39, 0.29) is 11.2 Å². The van der Waals surface area contributed by atoms with Crippen LogP contribution in [-0.4, -0.2) is 5.54 Å². The number of fused-ring (bicyclic) bond motifs is 5. The zero-order valence-electron chi connectivity index (χ0n) is 13.1. The molecule has 0 fully saturated rings. The van der Waals surface area contributed by atoms with Crippen molar-refractivity contribution in [1.82, 2.24) is 0 Å². The quantitative estimate of drug-likeness (QED) is 0.784. The van der Waals surface area contributed by atoms with Crippen LogP contribution in [0.1, 0.15) is 44.1 Å². The van der Waals surface area contributed by atoms with Crippen LogP contribution in [0.5, 0.6) is 0 Å². The molecular formula is C19H19NO2. The van der Waals surface area contributed by atoms with Gasteiger partial charge in [-0.2, -0.15) is 0 Å². The van der Waals surface area contributed by atoms with Crippen LogP contribution in [-0.2, 0) is 6.42 Å². The van der Waals surface area contributed by atoms with Crippen molar-refractivity contribution in [3.8, 4) is 0 Å². The smallest absolute Gasteiger partial charge is 0.344 e. The van der Waals surface area contributed by atoms with Crippen LogP contribution in [0.25, 0.3) is 22.4 Å². The molecule has 1 aromatic carbocycles. The number of benzene rings is 1. The van der Waals surface area contributed by atoms with Crippen LogP contribution in [0, 0.1) is 0 Å². The number of hydrogen-bond donors (Lipinski definition) is 1. The van der Waals surface area contributed by atoms with Gasteiger partial charge < -0.3 is 9.73 Å². The molecule has 0 radical (unpaired) electrons. The molecule has 1 aliphatic heterocycles. The average Bonchev–Trinajstić information content (AvgIpc) is 2.45. The molecule has 2 heterocycles. The third kappa shape index (κ3) is 1.85. The van der Waals surface area contributed by atoms with E-state index in [0.29, 0.717) is 5.39 Å². The minimum absolute atomic E-state index is 0.112. The fourth-order valence-corrected chi connectivity index (χ4v) is 3.70. The number of allylic oxidation sites excluding steroid dienone is 2. The SMILES string of the molecule is CC1=CC(C)(C)Nc2ccc3c4c(oc(=O)c3c21)CCC=C4. The summed E-state index contributed by atoms with van der Waals surface area (Å²) in [5.74, 6) is 0.811. The van der Waals surface area contributed by atoms with Crippen molar-refractivity contribution in [1.29, 1.82) is 0 Å². The van der Waals surface area contributed by atoms with E-state index in [9.17, 15) is 4.79 Å². The van der Waals surface area contributed by atoms with Gasteiger partial charge in [0.15, 0.2) is 0 Å².